The van der Waals surface area contributed by atoms with E-state index in [4.69, 9.17) is 4.52 Å². The van der Waals surface area contributed by atoms with Crippen LogP contribution in [0.3, 0.4) is 0 Å². The maximum absolute atomic E-state index is 13.6. The zero-order valence-corrected chi connectivity index (χ0v) is 18.3. The van der Waals surface area contributed by atoms with E-state index in [9.17, 15) is 4.79 Å². The number of amides is 1. The van der Waals surface area contributed by atoms with Gasteiger partial charge in [-0.2, -0.15) is 20.0 Å². The summed E-state index contributed by atoms with van der Waals surface area (Å²) in [5, 5.41) is 12.7. The van der Waals surface area contributed by atoms with Gasteiger partial charge in [0.2, 0.25) is 0 Å². The van der Waals surface area contributed by atoms with Crippen LogP contribution in [-0.4, -0.2) is 42.5 Å². The van der Waals surface area contributed by atoms with Crippen LogP contribution < -0.4 is 0 Å². The van der Waals surface area contributed by atoms with Crippen LogP contribution in [0, 0.1) is 20.8 Å². The van der Waals surface area contributed by atoms with Crippen LogP contribution in [0.15, 0.2) is 53.3 Å². The first-order valence-corrected chi connectivity index (χ1v) is 10.7. The van der Waals surface area contributed by atoms with Gasteiger partial charge < -0.3 is 9.42 Å². The Balaban J connectivity index is 1.48. The molecule has 0 aliphatic carbocycles. The van der Waals surface area contributed by atoms with Gasteiger partial charge in [0.05, 0.1) is 29.7 Å². The lowest BCUT2D eigenvalue weighted by atomic mass is 10.1. The number of aromatic nitrogens is 5. The van der Waals surface area contributed by atoms with Gasteiger partial charge in [-0.3, -0.25) is 4.79 Å². The predicted molar refractivity (Wildman–Crippen MR) is 118 cm³/mol. The third-order valence-corrected chi connectivity index (χ3v) is 5.89. The van der Waals surface area contributed by atoms with Gasteiger partial charge in [-0.05, 0) is 57.4 Å². The molecule has 2 aromatic heterocycles. The molecule has 5 rings (SSSR count). The summed E-state index contributed by atoms with van der Waals surface area (Å²) < 4.78 is 5.61. The van der Waals surface area contributed by atoms with Crippen molar-refractivity contribution in [3.63, 3.8) is 0 Å². The minimum absolute atomic E-state index is 0.0819. The topological polar surface area (TPSA) is 89.9 Å². The summed E-state index contributed by atoms with van der Waals surface area (Å²) in [6.45, 7) is 6.66. The third kappa shape index (κ3) is 3.57. The fraction of sp³-hybridized carbons (Fsp3) is 0.292. The summed E-state index contributed by atoms with van der Waals surface area (Å²) in [5.41, 5.74) is 5.33. The van der Waals surface area contributed by atoms with Gasteiger partial charge in [0.15, 0.2) is 5.82 Å². The van der Waals surface area contributed by atoms with Crippen LogP contribution in [0.2, 0.25) is 0 Å². The van der Waals surface area contributed by atoms with Crippen molar-refractivity contribution in [2.75, 3.05) is 6.54 Å². The maximum Gasteiger partial charge on any atom is 0.258 e. The molecule has 2 aromatic carbocycles. The fourth-order valence-corrected chi connectivity index (χ4v) is 4.21. The Labute approximate surface area is 185 Å². The molecule has 1 saturated heterocycles. The van der Waals surface area contributed by atoms with E-state index in [0.717, 1.165) is 35.1 Å². The van der Waals surface area contributed by atoms with E-state index < -0.39 is 0 Å². The molecule has 8 nitrogen and oxygen atoms in total. The lowest BCUT2D eigenvalue weighted by Gasteiger charge is -2.23. The molecule has 0 bridgehead atoms. The minimum atomic E-state index is -0.232. The summed E-state index contributed by atoms with van der Waals surface area (Å²) in [4.78, 5) is 21.6. The molecule has 8 heteroatoms. The second-order valence-corrected chi connectivity index (χ2v) is 8.27. The number of benzene rings is 2. The first-order valence-electron chi connectivity index (χ1n) is 10.7. The Bertz CT molecular complexity index is 1280. The average Bonchev–Trinajstić information content (AvgIpc) is 3.55. The van der Waals surface area contributed by atoms with Crippen LogP contribution in [0.4, 0.5) is 0 Å². The molecule has 3 heterocycles. The van der Waals surface area contributed by atoms with Crippen molar-refractivity contribution in [3.8, 4) is 17.1 Å². The lowest BCUT2D eigenvalue weighted by Crippen LogP contribution is -2.32. The molecular weight excluding hydrogens is 404 g/mol. The van der Waals surface area contributed by atoms with E-state index in [0.29, 0.717) is 29.5 Å². The Morgan fingerprint density at radius 2 is 1.78 bits per heavy atom. The Morgan fingerprint density at radius 1 is 1.03 bits per heavy atom. The Morgan fingerprint density at radius 3 is 2.59 bits per heavy atom. The minimum Gasteiger partial charge on any atom is -0.334 e. The smallest absolute Gasteiger partial charge is 0.258 e. The molecule has 1 amide bonds. The number of hydrogen-bond acceptors (Lipinski definition) is 6. The summed E-state index contributed by atoms with van der Waals surface area (Å²) in [7, 11) is 0. The number of carbonyl (C=O) groups excluding carboxylic acids is 1. The highest BCUT2D eigenvalue weighted by molar-refractivity contribution is 5.98. The van der Waals surface area contributed by atoms with Gasteiger partial charge in [0, 0.05) is 12.1 Å². The van der Waals surface area contributed by atoms with Crippen molar-refractivity contribution < 1.29 is 9.32 Å². The van der Waals surface area contributed by atoms with Gasteiger partial charge in [-0.1, -0.05) is 34.5 Å². The number of hydrogen-bond donors (Lipinski definition) is 0. The van der Waals surface area contributed by atoms with Crippen LogP contribution in [0.5, 0.6) is 0 Å². The predicted octanol–water partition coefficient (Wildman–Crippen LogP) is 4.22. The highest BCUT2D eigenvalue weighted by atomic mass is 16.5. The van der Waals surface area contributed by atoms with Crippen molar-refractivity contribution in [1.29, 1.82) is 0 Å². The molecule has 32 heavy (non-hydrogen) atoms. The van der Waals surface area contributed by atoms with Crippen LogP contribution in [0.25, 0.3) is 17.1 Å². The number of rotatable bonds is 4. The molecule has 0 radical (unpaired) electrons. The third-order valence-electron chi connectivity index (χ3n) is 5.89. The summed E-state index contributed by atoms with van der Waals surface area (Å²) in [6, 6.07) is 11.6. The van der Waals surface area contributed by atoms with Crippen LogP contribution >= 0.6 is 0 Å². The van der Waals surface area contributed by atoms with Crippen LogP contribution in [0.1, 0.15) is 51.8 Å². The van der Waals surface area contributed by atoms with E-state index >= 15 is 0 Å². The van der Waals surface area contributed by atoms with E-state index in [1.165, 1.54) is 4.80 Å². The van der Waals surface area contributed by atoms with E-state index in [1.54, 1.807) is 12.4 Å². The second kappa shape index (κ2) is 8.03. The van der Waals surface area contributed by atoms with Gasteiger partial charge >= 0.3 is 0 Å². The van der Waals surface area contributed by atoms with Gasteiger partial charge in [0.1, 0.15) is 0 Å². The molecule has 1 unspecified atom stereocenters. The van der Waals surface area contributed by atoms with Crippen molar-refractivity contribution >= 4 is 5.91 Å². The first-order chi connectivity index (χ1) is 15.5. The van der Waals surface area contributed by atoms with Crippen LogP contribution in [-0.2, 0) is 0 Å². The molecule has 0 N–H and O–H groups in total. The quantitative estimate of drug-likeness (QED) is 0.483. The Hall–Kier alpha value is -3.81. The van der Waals surface area contributed by atoms with Crippen molar-refractivity contribution in [2.45, 2.75) is 39.7 Å². The molecule has 0 saturated carbocycles. The highest BCUT2D eigenvalue weighted by Gasteiger charge is 2.35. The number of likely N-dealkylation sites (tertiary alicyclic amines) is 1. The molecule has 1 aliphatic heterocycles. The first kappa shape index (κ1) is 20.1. The average molecular weight is 428 g/mol. The lowest BCUT2D eigenvalue weighted by molar-refractivity contribution is 0.0728. The Kier molecular flexibility index (Phi) is 5.05. The standard InChI is InChI=1S/C24H24N6O2/c1-15-6-8-17(3)18(13-15)23-27-22(28-32-23)21-5-4-12-29(21)24(31)19-14-16(2)7-9-20(19)30-25-10-11-26-30/h6-11,13-14,21H,4-5,12H2,1-3H3. The highest BCUT2D eigenvalue weighted by Crippen LogP contribution is 2.34. The van der Waals surface area contributed by atoms with Crippen molar-refractivity contribution in [2.24, 2.45) is 0 Å². The SMILES string of the molecule is Cc1ccc(-n2nccn2)c(C(=O)N2CCCC2c2noc(-c3cc(C)ccc3C)n2)c1. The number of nitrogens with zero attached hydrogens (tertiary/aromatic N) is 6. The molecule has 0 spiro atoms. The largest absolute Gasteiger partial charge is 0.334 e. The summed E-state index contributed by atoms with van der Waals surface area (Å²) in [6.07, 6.45) is 4.87. The van der Waals surface area contributed by atoms with Crippen molar-refractivity contribution in [3.05, 3.63) is 76.9 Å². The molecule has 4 aromatic rings. The van der Waals surface area contributed by atoms with Gasteiger partial charge in [0.25, 0.3) is 11.8 Å². The number of aryl methyl sites for hydroxylation is 3. The number of carbonyl (C=O) groups is 1. The summed E-state index contributed by atoms with van der Waals surface area (Å²) >= 11 is 0. The van der Waals surface area contributed by atoms with Gasteiger partial charge in [-0.25, -0.2) is 0 Å². The normalized spacial score (nSPS) is 16.0. The van der Waals surface area contributed by atoms with E-state index in [-0.39, 0.29) is 11.9 Å². The van der Waals surface area contributed by atoms with Crippen molar-refractivity contribution in [1.82, 2.24) is 30.0 Å². The molecule has 1 fully saturated rings. The molecule has 1 atom stereocenters. The van der Waals surface area contributed by atoms with Gasteiger partial charge in [-0.15, -0.1) is 0 Å². The molecule has 162 valence electrons. The van der Waals surface area contributed by atoms with E-state index in [1.807, 2.05) is 56.0 Å². The zero-order chi connectivity index (χ0) is 22.2. The molecule has 1 aliphatic rings. The fourth-order valence-electron chi connectivity index (χ4n) is 4.21. The zero-order valence-electron chi connectivity index (χ0n) is 18.3. The second-order valence-electron chi connectivity index (χ2n) is 8.27. The summed E-state index contributed by atoms with van der Waals surface area (Å²) in [5.74, 6) is 0.942. The van der Waals surface area contributed by atoms with E-state index in [2.05, 4.69) is 26.4 Å². The maximum atomic E-state index is 13.6. The monoisotopic (exact) mass is 428 g/mol. The molecular formula is C24H24N6O2.